The molecule has 0 aliphatic heterocycles. The van der Waals surface area contributed by atoms with E-state index < -0.39 is 0 Å². The van der Waals surface area contributed by atoms with E-state index in [1.807, 2.05) is 72.0 Å². The molecule has 0 saturated heterocycles. The first-order valence-corrected chi connectivity index (χ1v) is 15.6. The minimum Gasteiger partial charge on any atom is -0.456 e. The smallest absolute Gasteiger partial charge is 0.164 e. The highest BCUT2D eigenvalue weighted by molar-refractivity contribution is 7.19. The van der Waals surface area contributed by atoms with Gasteiger partial charge in [0.25, 0.3) is 0 Å². The topological polar surface area (TPSA) is 51.8 Å². The van der Waals surface area contributed by atoms with Gasteiger partial charge in [-0.3, -0.25) is 0 Å². The lowest BCUT2D eigenvalue weighted by Crippen LogP contribution is -2.00. The summed E-state index contributed by atoms with van der Waals surface area (Å²) < 4.78 is 7.84. The Morgan fingerprint density at radius 1 is 0.568 bits per heavy atom. The Bertz CT molecular complexity index is 2330. The molecular formula is C39H25N3OS. The van der Waals surface area contributed by atoms with Gasteiger partial charge in [0.1, 0.15) is 11.2 Å². The van der Waals surface area contributed by atoms with E-state index in [-0.39, 0.29) is 0 Å². The van der Waals surface area contributed by atoms with Crippen molar-refractivity contribution in [2.75, 3.05) is 0 Å². The summed E-state index contributed by atoms with van der Waals surface area (Å²) >= 11 is 1.92. The Labute approximate surface area is 258 Å². The van der Waals surface area contributed by atoms with Crippen LogP contribution in [0.4, 0.5) is 0 Å². The van der Waals surface area contributed by atoms with Crippen LogP contribution in [0, 0.1) is 0 Å². The summed E-state index contributed by atoms with van der Waals surface area (Å²) in [7, 11) is 0. The Balaban J connectivity index is 1.19. The molecule has 0 N–H and O–H groups in total. The molecule has 9 rings (SSSR count). The van der Waals surface area contributed by atoms with Crippen molar-refractivity contribution in [2.24, 2.45) is 0 Å². The van der Waals surface area contributed by atoms with Crippen molar-refractivity contribution in [1.29, 1.82) is 0 Å². The molecule has 4 nitrogen and oxygen atoms in total. The average Bonchev–Trinajstić information content (AvgIpc) is 3.66. The van der Waals surface area contributed by atoms with Crippen LogP contribution in [0.5, 0.6) is 0 Å². The fraction of sp³-hybridized carbons (Fsp3) is 0.0513. The fourth-order valence-corrected chi connectivity index (χ4v) is 7.45. The number of hydrogen-bond acceptors (Lipinski definition) is 5. The lowest BCUT2D eigenvalue weighted by molar-refractivity contribution is 0.669. The Hall–Kier alpha value is -5.39. The molecule has 0 spiro atoms. The van der Waals surface area contributed by atoms with Crippen LogP contribution in [0.25, 0.3) is 83.4 Å². The zero-order valence-corrected chi connectivity index (χ0v) is 24.5. The highest BCUT2D eigenvalue weighted by Crippen LogP contribution is 2.42. The number of hydrogen-bond donors (Lipinski definition) is 0. The van der Waals surface area contributed by atoms with Crippen LogP contribution in [-0.2, 0) is 6.42 Å². The second-order valence-electron chi connectivity index (χ2n) is 11.1. The Morgan fingerprint density at radius 2 is 1.27 bits per heavy atom. The maximum absolute atomic E-state index is 6.49. The standard InChI is InChI=1S/C39H25N3OS/c1-3-10-24(11-4-1)37-40-38(25-12-5-2-6-13-25)42-39(41-37)27-18-20-30-33(23-27)43-32-16-9-15-28(36(30)32)26-19-21-35-31(22-26)29-14-7-8-17-34(29)44-35/h1-7,9-16,18-23H,8,17H2. The number of aryl methyl sites for hydroxylation is 1. The molecule has 1 aliphatic carbocycles. The summed E-state index contributed by atoms with van der Waals surface area (Å²) in [5, 5.41) is 3.54. The highest BCUT2D eigenvalue weighted by atomic mass is 32.1. The van der Waals surface area contributed by atoms with Gasteiger partial charge in [-0.05, 0) is 59.9 Å². The van der Waals surface area contributed by atoms with Crippen molar-refractivity contribution in [3.05, 3.63) is 132 Å². The van der Waals surface area contributed by atoms with Crippen LogP contribution in [0.2, 0.25) is 0 Å². The fourth-order valence-electron chi connectivity index (χ4n) is 6.26. The zero-order chi connectivity index (χ0) is 29.0. The molecule has 1 aliphatic rings. The molecular weight excluding hydrogens is 559 g/mol. The first-order chi connectivity index (χ1) is 21.8. The van der Waals surface area contributed by atoms with Crippen LogP contribution in [0.1, 0.15) is 16.9 Å². The third-order valence-electron chi connectivity index (χ3n) is 8.39. The van der Waals surface area contributed by atoms with Gasteiger partial charge in [0.15, 0.2) is 17.5 Å². The molecule has 0 atom stereocenters. The minimum atomic E-state index is 0.612. The van der Waals surface area contributed by atoms with E-state index in [9.17, 15) is 0 Å². The third-order valence-corrected chi connectivity index (χ3v) is 9.64. The quantitative estimate of drug-likeness (QED) is 0.207. The number of rotatable bonds is 4. The maximum atomic E-state index is 6.49. The number of allylic oxidation sites excluding steroid dienone is 1. The molecule has 3 heterocycles. The van der Waals surface area contributed by atoms with Crippen LogP contribution in [0.3, 0.4) is 0 Å². The zero-order valence-electron chi connectivity index (χ0n) is 23.7. The molecule has 208 valence electrons. The first kappa shape index (κ1) is 25.1. The molecule has 44 heavy (non-hydrogen) atoms. The number of aromatic nitrogens is 3. The van der Waals surface area contributed by atoms with E-state index in [2.05, 4.69) is 66.7 Å². The highest BCUT2D eigenvalue weighted by Gasteiger charge is 2.18. The molecule has 0 fully saturated rings. The van der Waals surface area contributed by atoms with Gasteiger partial charge < -0.3 is 4.42 Å². The van der Waals surface area contributed by atoms with Crippen molar-refractivity contribution >= 4 is 49.4 Å². The van der Waals surface area contributed by atoms with E-state index >= 15 is 0 Å². The van der Waals surface area contributed by atoms with Crippen LogP contribution in [-0.4, -0.2) is 15.0 Å². The van der Waals surface area contributed by atoms with Gasteiger partial charge in [0, 0.05) is 42.4 Å². The number of furan rings is 1. The minimum absolute atomic E-state index is 0.612. The summed E-state index contributed by atoms with van der Waals surface area (Å²) in [6.45, 7) is 0. The third kappa shape index (κ3) is 4.16. The summed E-state index contributed by atoms with van der Waals surface area (Å²) in [5.74, 6) is 1.89. The van der Waals surface area contributed by atoms with E-state index in [0.717, 1.165) is 51.5 Å². The van der Waals surface area contributed by atoms with Crippen molar-refractivity contribution in [2.45, 2.75) is 12.8 Å². The molecule has 3 aromatic heterocycles. The Morgan fingerprint density at radius 3 is 2.02 bits per heavy atom. The monoisotopic (exact) mass is 583 g/mol. The maximum Gasteiger partial charge on any atom is 0.164 e. The Kier molecular flexibility index (Phi) is 5.78. The number of fused-ring (bicyclic) bond motifs is 6. The van der Waals surface area contributed by atoms with Crippen LogP contribution < -0.4 is 0 Å². The molecule has 8 aromatic rings. The van der Waals surface area contributed by atoms with Crippen molar-refractivity contribution in [3.8, 4) is 45.3 Å². The van der Waals surface area contributed by atoms with Gasteiger partial charge in [-0.1, -0.05) is 97.1 Å². The molecule has 5 aromatic carbocycles. The van der Waals surface area contributed by atoms with Gasteiger partial charge in [-0.15, -0.1) is 11.3 Å². The molecule has 0 unspecified atom stereocenters. The van der Waals surface area contributed by atoms with Gasteiger partial charge in [-0.2, -0.15) is 0 Å². The van der Waals surface area contributed by atoms with Crippen molar-refractivity contribution in [1.82, 2.24) is 15.0 Å². The average molecular weight is 584 g/mol. The summed E-state index contributed by atoms with van der Waals surface area (Å²) in [6, 6.07) is 39.6. The normalized spacial score (nSPS) is 12.7. The van der Waals surface area contributed by atoms with Crippen molar-refractivity contribution in [3.63, 3.8) is 0 Å². The van der Waals surface area contributed by atoms with Gasteiger partial charge >= 0.3 is 0 Å². The number of thiophene rings is 1. The van der Waals surface area contributed by atoms with Gasteiger partial charge in [-0.25, -0.2) is 15.0 Å². The second-order valence-corrected chi connectivity index (χ2v) is 12.3. The predicted octanol–water partition coefficient (Wildman–Crippen LogP) is 10.6. The van der Waals surface area contributed by atoms with Crippen LogP contribution in [0.15, 0.2) is 126 Å². The van der Waals surface area contributed by atoms with E-state index in [0.29, 0.717) is 17.5 Å². The lowest BCUT2D eigenvalue weighted by atomic mass is 9.96. The first-order valence-electron chi connectivity index (χ1n) is 14.8. The van der Waals surface area contributed by atoms with Gasteiger partial charge in [0.2, 0.25) is 0 Å². The van der Waals surface area contributed by atoms with Crippen LogP contribution >= 0.6 is 11.3 Å². The van der Waals surface area contributed by atoms with Gasteiger partial charge in [0.05, 0.1) is 0 Å². The molecule has 0 bridgehead atoms. The molecule has 5 heteroatoms. The lowest BCUT2D eigenvalue weighted by Gasteiger charge is -2.08. The van der Waals surface area contributed by atoms with Crippen molar-refractivity contribution < 1.29 is 4.42 Å². The summed E-state index contributed by atoms with van der Waals surface area (Å²) in [5.41, 5.74) is 8.21. The predicted molar refractivity (Wildman–Crippen MR) is 182 cm³/mol. The molecule has 0 radical (unpaired) electrons. The van der Waals surface area contributed by atoms with E-state index in [1.165, 1.54) is 31.7 Å². The number of benzene rings is 5. The largest absolute Gasteiger partial charge is 0.456 e. The SMILES string of the molecule is C1=Cc2c(sc3ccc(-c4cccc5oc6cc(-c7nc(-c8ccccc8)nc(-c8ccccc8)n7)ccc6c45)cc23)CC1. The van der Waals surface area contributed by atoms with E-state index in [4.69, 9.17) is 19.4 Å². The molecule has 0 amide bonds. The van der Waals surface area contributed by atoms with E-state index in [1.54, 1.807) is 0 Å². The number of nitrogens with zero attached hydrogens (tertiary/aromatic N) is 3. The summed E-state index contributed by atoms with van der Waals surface area (Å²) in [4.78, 5) is 16.2. The summed E-state index contributed by atoms with van der Waals surface area (Å²) in [6.07, 6.45) is 6.85. The molecule has 0 saturated carbocycles. The second kappa shape index (κ2) is 10.1.